The SMILES string of the molecule is CCC(C(=O)NC(C)C)N(Cc1ccc(Cl)cc1Cl)C(=O)CN(c1cc(Cl)cc(Cl)c1)S(C)(=O)=O. The third-order valence-electron chi connectivity index (χ3n) is 4.99. The lowest BCUT2D eigenvalue weighted by Crippen LogP contribution is -2.53. The Balaban J connectivity index is 2.51. The number of benzene rings is 2. The maximum absolute atomic E-state index is 13.6. The third kappa shape index (κ3) is 8.43. The van der Waals surface area contributed by atoms with E-state index in [1.54, 1.807) is 32.9 Å². The van der Waals surface area contributed by atoms with Gasteiger partial charge in [0.05, 0.1) is 11.9 Å². The van der Waals surface area contributed by atoms with Crippen LogP contribution >= 0.6 is 46.4 Å². The van der Waals surface area contributed by atoms with Gasteiger partial charge in [-0.3, -0.25) is 13.9 Å². The van der Waals surface area contributed by atoms with Gasteiger partial charge in [-0.05, 0) is 56.2 Å². The van der Waals surface area contributed by atoms with Crippen molar-refractivity contribution in [3.63, 3.8) is 0 Å². The molecule has 0 bridgehead atoms. The Labute approximate surface area is 226 Å². The van der Waals surface area contributed by atoms with E-state index < -0.39 is 28.5 Å². The fraction of sp³-hybridized carbons (Fsp3) is 0.391. The van der Waals surface area contributed by atoms with Crippen LogP contribution in [0.1, 0.15) is 32.8 Å². The maximum Gasteiger partial charge on any atom is 0.244 e. The molecule has 2 aromatic carbocycles. The van der Waals surface area contributed by atoms with Gasteiger partial charge in [0.15, 0.2) is 0 Å². The summed E-state index contributed by atoms with van der Waals surface area (Å²) in [6, 6.07) is 8.02. The summed E-state index contributed by atoms with van der Waals surface area (Å²) >= 11 is 24.5. The van der Waals surface area contributed by atoms with E-state index in [2.05, 4.69) is 5.32 Å². The second-order valence-corrected chi connectivity index (χ2v) is 11.9. The number of amides is 2. The number of carbonyl (C=O) groups is 2. The summed E-state index contributed by atoms with van der Waals surface area (Å²) in [5, 5.41) is 3.97. The first-order chi connectivity index (χ1) is 16.2. The van der Waals surface area contributed by atoms with Crippen LogP contribution in [0.15, 0.2) is 36.4 Å². The highest BCUT2D eigenvalue weighted by molar-refractivity contribution is 7.92. The van der Waals surface area contributed by atoms with Gasteiger partial charge in [0.2, 0.25) is 21.8 Å². The molecule has 0 aromatic heterocycles. The van der Waals surface area contributed by atoms with Gasteiger partial charge in [-0.1, -0.05) is 59.4 Å². The van der Waals surface area contributed by atoms with Crippen molar-refractivity contribution in [2.75, 3.05) is 17.1 Å². The second-order valence-electron chi connectivity index (χ2n) is 8.24. The summed E-state index contributed by atoms with van der Waals surface area (Å²) in [4.78, 5) is 27.9. The predicted octanol–water partition coefficient (Wildman–Crippen LogP) is 5.40. The first-order valence-electron chi connectivity index (χ1n) is 10.7. The number of hydrogen-bond acceptors (Lipinski definition) is 4. The van der Waals surface area contributed by atoms with Crippen LogP contribution in [0.4, 0.5) is 5.69 Å². The molecule has 0 heterocycles. The summed E-state index contributed by atoms with van der Waals surface area (Å²) < 4.78 is 26.2. The molecule has 1 atom stereocenters. The Hall–Kier alpha value is -1.71. The number of rotatable bonds is 10. The molecular formula is C23H27Cl4N3O4S. The quantitative estimate of drug-likeness (QED) is 0.406. The molecule has 2 amide bonds. The molecule has 1 unspecified atom stereocenters. The summed E-state index contributed by atoms with van der Waals surface area (Å²) in [6.45, 7) is 4.76. The van der Waals surface area contributed by atoms with Crippen molar-refractivity contribution in [1.29, 1.82) is 0 Å². The average Bonchev–Trinajstić information content (AvgIpc) is 2.71. The molecule has 2 aromatic rings. The van der Waals surface area contributed by atoms with E-state index in [9.17, 15) is 18.0 Å². The number of carbonyl (C=O) groups excluding carboxylic acids is 2. The summed E-state index contributed by atoms with van der Waals surface area (Å²) in [7, 11) is -3.91. The van der Waals surface area contributed by atoms with E-state index in [1.165, 1.54) is 29.2 Å². The van der Waals surface area contributed by atoms with E-state index in [4.69, 9.17) is 46.4 Å². The van der Waals surface area contributed by atoms with Crippen molar-refractivity contribution in [2.45, 2.75) is 45.8 Å². The van der Waals surface area contributed by atoms with Crippen LogP contribution in [0.3, 0.4) is 0 Å². The van der Waals surface area contributed by atoms with Crippen LogP contribution in [0.2, 0.25) is 20.1 Å². The summed E-state index contributed by atoms with van der Waals surface area (Å²) in [6.07, 6.45) is 1.26. The highest BCUT2D eigenvalue weighted by Gasteiger charge is 2.32. The average molecular weight is 583 g/mol. The Morgan fingerprint density at radius 2 is 1.57 bits per heavy atom. The van der Waals surface area contributed by atoms with E-state index in [0.29, 0.717) is 15.6 Å². The maximum atomic E-state index is 13.6. The van der Waals surface area contributed by atoms with Crippen LogP contribution in [-0.2, 0) is 26.2 Å². The first kappa shape index (κ1) is 29.5. The van der Waals surface area contributed by atoms with Gasteiger partial charge < -0.3 is 10.2 Å². The van der Waals surface area contributed by atoms with E-state index in [1.807, 2.05) is 0 Å². The Morgan fingerprint density at radius 3 is 2.06 bits per heavy atom. The first-order valence-corrected chi connectivity index (χ1v) is 14.1. The van der Waals surface area contributed by atoms with Crippen molar-refractivity contribution < 1.29 is 18.0 Å². The molecule has 0 aliphatic rings. The molecule has 1 N–H and O–H groups in total. The van der Waals surface area contributed by atoms with Crippen LogP contribution in [-0.4, -0.2) is 50.0 Å². The molecule has 0 saturated carbocycles. The minimum Gasteiger partial charge on any atom is -0.352 e. The molecule has 2 rings (SSSR count). The third-order valence-corrected chi connectivity index (χ3v) is 7.15. The van der Waals surface area contributed by atoms with Gasteiger partial charge in [-0.25, -0.2) is 8.42 Å². The van der Waals surface area contributed by atoms with Gasteiger partial charge in [-0.15, -0.1) is 0 Å². The van der Waals surface area contributed by atoms with E-state index in [0.717, 1.165) is 10.6 Å². The second kappa shape index (κ2) is 12.5. The topological polar surface area (TPSA) is 86.8 Å². The highest BCUT2D eigenvalue weighted by atomic mass is 35.5. The molecule has 0 saturated heterocycles. The van der Waals surface area contributed by atoms with Gasteiger partial charge >= 0.3 is 0 Å². The van der Waals surface area contributed by atoms with Crippen LogP contribution < -0.4 is 9.62 Å². The van der Waals surface area contributed by atoms with Gasteiger partial charge in [0.1, 0.15) is 12.6 Å². The van der Waals surface area contributed by atoms with E-state index >= 15 is 0 Å². The van der Waals surface area contributed by atoms with Crippen molar-refractivity contribution in [3.8, 4) is 0 Å². The minimum atomic E-state index is -3.91. The molecule has 12 heteroatoms. The van der Waals surface area contributed by atoms with Crippen LogP contribution in [0, 0.1) is 0 Å². The van der Waals surface area contributed by atoms with Crippen molar-refractivity contribution in [2.24, 2.45) is 0 Å². The molecule has 0 radical (unpaired) electrons. The lowest BCUT2D eigenvalue weighted by Gasteiger charge is -2.33. The Morgan fingerprint density at radius 1 is 0.971 bits per heavy atom. The van der Waals surface area contributed by atoms with Gasteiger partial charge in [-0.2, -0.15) is 0 Å². The van der Waals surface area contributed by atoms with Gasteiger partial charge in [0, 0.05) is 32.7 Å². The normalized spacial score (nSPS) is 12.4. The molecule has 0 fully saturated rings. The molecule has 7 nitrogen and oxygen atoms in total. The number of nitrogens with one attached hydrogen (secondary N) is 1. The summed E-state index contributed by atoms with van der Waals surface area (Å²) in [5.74, 6) is -0.971. The van der Waals surface area contributed by atoms with Crippen LogP contribution in [0.5, 0.6) is 0 Å². The van der Waals surface area contributed by atoms with Gasteiger partial charge in [0.25, 0.3) is 0 Å². The fourth-order valence-corrected chi connectivity index (χ4v) is 5.25. The zero-order chi connectivity index (χ0) is 26.5. The van der Waals surface area contributed by atoms with Crippen molar-refractivity contribution in [3.05, 3.63) is 62.1 Å². The Kier molecular flexibility index (Phi) is 10.5. The number of nitrogens with zero attached hydrogens (tertiary/aromatic N) is 2. The minimum absolute atomic E-state index is 0.0350. The molecule has 0 aliphatic heterocycles. The zero-order valence-corrected chi connectivity index (χ0v) is 23.5. The number of anilines is 1. The van der Waals surface area contributed by atoms with Crippen molar-refractivity contribution >= 4 is 73.9 Å². The molecule has 192 valence electrons. The largest absolute Gasteiger partial charge is 0.352 e. The lowest BCUT2D eigenvalue weighted by atomic mass is 10.1. The van der Waals surface area contributed by atoms with Crippen LogP contribution in [0.25, 0.3) is 0 Å². The number of sulfonamides is 1. The standard InChI is InChI=1S/C23H27Cl4N3O4S/c1-5-21(23(32)28-14(2)3)29(12-15-6-7-16(24)11-20(15)27)22(31)13-30(35(4,33)34)19-9-17(25)8-18(26)10-19/h6-11,14,21H,5,12-13H2,1-4H3,(H,28,32). The number of halogens is 4. The van der Waals surface area contributed by atoms with Crippen molar-refractivity contribution in [1.82, 2.24) is 10.2 Å². The summed E-state index contributed by atoms with van der Waals surface area (Å²) in [5.41, 5.74) is 0.680. The zero-order valence-electron chi connectivity index (χ0n) is 19.7. The monoisotopic (exact) mass is 581 g/mol. The molecule has 35 heavy (non-hydrogen) atoms. The predicted molar refractivity (Wildman–Crippen MR) is 143 cm³/mol. The molecular weight excluding hydrogens is 556 g/mol. The lowest BCUT2D eigenvalue weighted by molar-refractivity contribution is -0.140. The Bertz CT molecular complexity index is 1170. The molecule has 0 aliphatic carbocycles. The molecule has 0 spiro atoms. The fourth-order valence-electron chi connectivity index (χ4n) is 3.43. The highest BCUT2D eigenvalue weighted by Crippen LogP contribution is 2.28. The van der Waals surface area contributed by atoms with E-state index in [-0.39, 0.29) is 40.6 Å². The smallest absolute Gasteiger partial charge is 0.244 e. The number of hydrogen-bond donors (Lipinski definition) is 1.